The standard InChI is InChI=1S/C13H20N2.2ClH/c1-11-9-15(12(2)8-14-11)10-13-6-4-3-5-7-13;;/h3-7,11-12,14H,8-10H2,1-2H3;2*1H. The fourth-order valence-electron chi connectivity index (χ4n) is 2.14. The molecular weight excluding hydrogens is 255 g/mol. The molecule has 0 saturated carbocycles. The van der Waals surface area contributed by atoms with Gasteiger partial charge in [-0.15, -0.1) is 24.8 Å². The lowest BCUT2D eigenvalue weighted by molar-refractivity contribution is 0.139. The van der Waals surface area contributed by atoms with E-state index in [0.29, 0.717) is 12.1 Å². The highest BCUT2D eigenvalue weighted by molar-refractivity contribution is 5.85. The quantitative estimate of drug-likeness (QED) is 0.894. The molecule has 1 aliphatic heterocycles. The zero-order valence-electron chi connectivity index (χ0n) is 10.4. The zero-order valence-corrected chi connectivity index (χ0v) is 12.1. The summed E-state index contributed by atoms with van der Waals surface area (Å²) >= 11 is 0. The van der Waals surface area contributed by atoms with Crippen molar-refractivity contribution in [3.05, 3.63) is 35.9 Å². The van der Waals surface area contributed by atoms with E-state index in [9.17, 15) is 0 Å². The van der Waals surface area contributed by atoms with Crippen LogP contribution in [-0.4, -0.2) is 30.1 Å². The molecule has 1 fully saturated rings. The number of rotatable bonds is 2. The zero-order chi connectivity index (χ0) is 10.7. The summed E-state index contributed by atoms with van der Waals surface area (Å²) < 4.78 is 0. The van der Waals surface area contributed by atoms with Gasteiger partial charge in [0.05, 0.1) is 0 Å². The van der Waals surface area contributed by atoms with Crippen LogP contribution in [0.2, 0.25) is 0 Å². The fraction of sp³-hybridized carbons (Fsp3) is 0.538. The molecule has 98 valence electrons. The van der Waals surface area contributed by atoms with Crippen LogP contribution in [0.3, 0.4) is 0 Å². The third-order valence-electron chi connectivity index (χ3n) is 3.12. The molecular formula is C13H22Cl2N2. The van der Waals surface area contributed by atoms with E-state index < -0.39 is 0 Å². The number of nitrogens with one attached hydrogen (secondary N) is 1. The minimum atomic E-state index is 0. The summed E-state index contributed by atoms with van der Waals surface area (Å²) in [5, 5.41) is 3.51. The van der Waals surface area contributed by atoms with Gasteiger partial charge in [0.2, 0.25) is 0 Å². The summed E-state index contributed by atoms with van der Waals surface area (Å²) in [5.74, 6) is 0. The molecule has 0 spiro atoms. The Morgan fingerprint density at radius 3 is 2.47 bits per heavy atom. The number of hydrogen-bond acceptors (Lipinski definition) is 2. The molecule has 2 unspecified atom stereocenters. The Balaban J connectivity index is 0.00000128. The van der Waals surface area contributed by atoms with Gasteiger partial charge in [-0.25, -0.2) is 0 Å². The summed E-state index contributed by atoms with van der Waals surface area (Å²) in [6, 6.07) is 12.0. The summed E-state index contributed by atoms with van der Waals surface area (Å²) in [4.78, 5) is 2.55. The van der Waals surface area contributed by atoms with Crippen LogP contribution >= 0.6 is 24.8 Å². The van der Waals surface area contributed by atoms with Crippen molar-refractivity contribution >= 4 is 24.8 Å². The molecule has 0 aromatic heterocycles. The average molecular weight is 277 g/mol. The van der Waals surface area contributed by atoms with Gasteiger partial charge in [-0.1, -0.05) is 30.3 Å². The SMILES string of the molecule is CC1CN(Cc2ccccc2)C(C)CN1.Cl.Cl. The van der Waals surface area contributed by atoms with E-state index >= 15 is 0 Å². The van der Waals surface area contributed by atoms with E-state index in [1.165, 1.54) is 5.56 Å². The first kappa shape index (κ1) is 16.7. The molecule has 0 aliphatic carbocycles. The van der Waals surface area contributed by atoms with Crippen molar-refractivity contribution in [2.24, 2.45) is 0 Å². The highest BCUT2D eigenvalue weighted by Gasteiger charge is 2.21. The van der Waals surface area contributed by atoms with Crippen molar-refractivity contribution in [1.82, 2.24) is 10.2 Å². The third-order valence-corrected chi connectivity index (χ3v) is 3.12. The third kappa shape index (κ3) is 4.84. The van der Waals surface area contributed by atoms with Crippen LogP contribution in [0.5, 0.6) is 0 Å². The van der Waals surface area contributed by atoms with Gasteiger partial charge in [0.1, 0.15) is 0 Å². The predicted molar refractivity (Wildman–Crippen MR) is 78.3 cm³/mol. The van der Waals surface area contributed by atoms with E-state index in [-0.39, 0.29) is 24.8 Å². The Kier molecular flexibility index (Phi) is 7.80. The molecule has 1 N–H and O–H groups in total. The van der Waals surface area contributed by atoms with E-state index in [1.807, 2.05) is 0 Å². The monoisotopic (exact) mass is 276 g/mol. The van der Waals surface area contributed by atoms with E-state index in [4.69, 9.17) is 0 Å². The largest absolute Gasteiger partial charge is 0.311 e. The summed E-state index contributed by atoms with van der Waals surface area (Å²) in [7, 11) is 0. The number of halogens is 2. The highest BCUT2D eigenvalue weighted by atomic mass is 35.5. The topological polar surface area (TPSA) is 15.3 Å². The van der Waals surface area contributed by atoms with Crippen LogP contribution in [-0.2, 0) is 6.54 Å². The van der Waals surface area contributed by atoms with Crippen molar-refractivity contribution < 1.29 is 0 Å². The van der Waals surface area contributed by atoms with Gasteiger partial charge >= 0.3 is 0 Å². The van der Waals surface area contributed by atoms with Crippen LogP contribution in [0, 0.1) is 0 Å². The number of hydrogen-bond donors (Lipinski definition) is 1. The van der Waals surface area contributed by atoms with Crippen molar-refractivity contribution in [2.45, 2.75) is 32.5 Å². The van der Waals surface area contributed by atoms with Gasteiger partial charge in [-0.3, -0.25) is 4.90 Å². The molecule has 0 bridgehead atoms. The average Bonchev–Trinajstić information content (AvgIpc) is 2.25. The Bertz CT molecular complexity index is 306. The van der Waals surface area contributed by atoms with Crippen LogP contribution < -0.4 is 5.32 Å². The van der Waals surface area contributed by atoms with E-state index in [2.05, 4.69) is 54.4 Å². The Morgan fingerprint density at radius 1 is 1.18 bits per heavy atom. The maximum absolute atomic E-state index is 3.51. The molecule has 17 heavy (non-hydrogen) atoms. The molecule has 0 radical (unpaired) electrons. The molecule has 2 nitrogen and oxygen atoms in total. The van der Waals surface area contributed by atoms with Gasteiger partial charge in [0.25, 0.3) is 0 Å². The van der Waals surface area contributed by atoms with Crippen LogP contribution in [0.15, 0.2) is 30.3 Å². The molecule has 1 aliphatic rings. The van der Waals surface area contributed by atoms with Crippen molar-refractivity contribution in [3.63, 3.8) is 0 Å². The highest BCUT2D eigenvalue weighted by Crippen LogP contribution is 2.11. The van der Waals surface area contributed by atoms with Gasteiger partial charge in [0, 0.05) is 31.7 Å². The predicted octanol–water partition coefficient (Wildman–Crippen LogP) is 2.71. The first-order chi connectivity index (χ1) is 7.25. The van der Waals surface area contributed by atoms with Crippen molar-refractivity contribution in [3.8, 4) is 0 Å². The molecule has 1 heterocycles. The van der Waals surface area contributed by atoms with Crippen molar-refractivity contribution in [1.29, 1.82) is 0 Å². The molecule has 2 atom stereocenters. The van der Waals surface area contributed by atoms with Gasteiger partial charge in [-0.05, 0) is 19.4 Å². The maximum Gasteiger partial charge on any atom is 0.0237 e. The van der Waals surface area contributed by atoms with E-state index in [0.717, 1.165) is 19.6 Å². The second-order valence-corrected chi connectivity index (χ2v) is 4.57. The Hall–Kier alpha value is -0.280. The van der Waals surface area contributed by atoms with Crippen molar-refractivity contribution in [2.75, 3.05) is 13.1 Å². The lowest BCUT2D eigenvalue weighted by Crippen LogP contribution is -2.53. The second kappa shape index (κ2) is 7.93. The minimum Gasteiger partial charge on any atom is -0.311 e. The molecule has 0 amide bonds. The first-order valence-electron chi connectivity index (χ1n) is 5.77. The molecule has 1 saturated heterocycles. The van der Waals surface area contributed by atoms with Gasteiger partial charge in [-0.2, -0.15) is 0 Å². The molecule has 1 aromatic carbocycles. The molecule has 1 aromatic rings. The van der Waals surface area contributed by atoms with Crippen LogP contribution in [0.1, 0.15) is 19.4 Å². The Morgan fingerprint density at radius 2 is 1.82 bits per heavy atom. The minimum absolute atomic E-state index is 0. The molecule has 4 heteroatoms. The summed E-state index contributed by atoms with van der Waals surface area (Å²) in [6.07, 6.45) is 0. The van der Waals surface area contributed by atoms with Crippen LogP contribution in [0.4, 0.5) is 0 Å². The van der Waals surface area contributed by atoms with Gasteiger partial charge in [0.15, 0.2) is 0 Å². The first-order valence-corrected chi connectivity index (χ1v) is 5.77. The van der Waals surface area contributed by atoms with Crippen LogP contribution in [0.25, 0.3) is 0 Å². The number of benzene rings is 1. The normalized spacial score (nSPS) is 24.6. The number of nitrogens with zero attached hydrogens (tertiary/aromatic N) is 1. The fourth-order valence-corrected chi connectivity index (χ4v) is 2.14. The number of piperazine rings is 1. The van der Waals surface area contributed by atoms with E-state index in [1.54, 1.807) is 0 Å². The second-order valence-electron chi connectivity index (χ2n) is 4.57. The van der Waals surface area contributed by atoms with Gasteiger partial charge < -0.3 is 5.32 Å². The maximum atomic E-state index is 3.51. The smallest absolute Gasteiger partial charge is 0.0237 e. The summed E-state index contributed by atoms with van der Waals surface area (Å²) in [6.45, 7) is 7.88. The lowest BCUT2D eigenvalue weighted by Gasteiger charge is -2.37. The molecule has 2 rings (SSSR count). The summed E-state index contributed by atoms with van der Waals surface area (Å²) in [5.41, 5.74) is 1.42. The lowest BCUT2D eigenvalue weighted by atomic mass is 10.1. The Labute approximate surface area is 117 Å².